The van der Waals surface area contributed by atoms with Gasteiger partial charge in [0, 0.05) is 5.38 Å². The van der Waals surface area contributed by atoms with E-state index in [4.69, 9.17) is 21.4 Å². The fourth-order valence-electron chi connectivity index (χ4n) is 0.663. The van der Waals surface area contributed by atoms with E-state index in [0.717, 1.165) is 6.42 Å². The molecule has 0 aliphatic carbocycles. The van der Waals surface area contributed by atoms with Gasteiger partial charge < -0.3 is 9.79 Å². The maximum Gasteiger partial charge on any atom is 0.327 e. The minimum atomic E-state index is -3.88. The minimum Gasteiger partial charge on any atom is -0.324 e. The maximum absolute atomic E-state index is 10.3. The van der Waals surface area contributed by atoms with Crippen molar-refractivity contribution in [3.8, 4) is 0 Å². The lowest BCUT2D eigenvalue weighted by atomic mass is 10.3. The summed E-state index contributed by atoms with van der Waals surface area (Å²) in [5, 5.41) is -0.383. The first-order valence-electron chi connectivity index (χ1n) is 3.14. The molecule has 0 fully saturated rings. The van der Waals surface area contributed by atoms with Gasteiger partial charge in [-0.3, -0.25) is 4.57 Å². The molecular formula is C5H12ClO3P. The summed E-state index contributed by atoms with van der Waals surface area (Å²) in [5.41, 5.74) is 0. The summed E-state index contributed by atoms with van der Waals surface area (Å²) in [6.07, 6.45) is 1.31. The molecule has 62 valence electrons. The predicted octanol–water partition coefficient (Wildman–Crippen LogP) is 1.57. The van der Waals surface area contributed by atoms with Gasteiger partial charge in [-0.05, 0) is 6.42 Å². The van der Waals surface area contributed by atoms with E-state index >= 15 is 0 Å². The summed E-state index contributed by atoms with van der Waals surface area (Å²) in [6.45, 7) is 1.93. The summed E-state index contributed by atoms with van der Waals surface area (Å²) < 4.78 is 10.3. The quantitative estimate of drug-likeness (QED) is 0.518. The van der Waals surface area contributed by atoms with Crippen molar-refractivity contribution in [2.45, 2.75) is 25.1 Å². The fourth-order valence-corrected chi connectivity index (χ4v) is 2.12. The third-order valence-corrected chi connectivity index (χ3v) is 2.54. The van der Waals surface area contributed by atoms with Crippen LogP contribution >= 0.6 is 19.2 Å². The van der Waals surface area contributed by atoms with Crippen LogP contribution in [0.3, 0.4) is 0 Å². The third kappa shape index (κ3) is 6.56. The molecule has 0 aliphatic rings. The average molecular weight is 187 g/mol. The lowest BCUT2D eigenvalue weighted by molar-refractivity contribution is 0.371. The van der Waals surface area contributed by atoms with Crippen molar-refractivity contribution in [3.63, 3.8) is 0 Å². The Kier molecular flexibility index (Phi) is 4.54. The van der Waals surface area contributed by atoms with Gasteiger partial charge in [0.2, 0.25) is 0 Å². The molecule has 0 radical (unpaired) electrons. The number of halogens is 1. The topological polar surface area (TPSA) is 57.5 Å². The van der Waals surface area contributed by atoms with Crippen molar-refractivity contribution in [1.82, 2.24) is 0 Å². The highest BCUT2D eigenvalue weighted by molar-refractivity contribution is 7.51. The zero-order chi connectivity index (χ0) is 8.20. The molecule has 0 aromatic heterocycles. The van der Waals surface area contributed by atoms with Gasteiger partial charge in [0.1, 0.15) is 0 Å². The van der Waals surface area contributed by atoms with Crippen molar-refractivity contribution in [2.75, 3.05) is 6.16 Å². The zero-order valence-corrected chi connectivity index (χ0v) is 7.48. The Labute approximate surface area is 65.6 Å². The largest absolute Gasteiger partial charge is 0.327 e. The number of hydrogen-bond donors (Lipinski definition) is 2. The predicted molar refractivity (Wildman–Crippen MR) is 41.5 cm³/mol. The van der Waals surface area contributed by atoms with Crippen LogP contribution in [0.15, 0.2) is 0 Å². The molecule has 2 N–H and O–H groups in total. The highest BCUT2D eigenvalue weighted by atomic mass is 35.5. The zero-order valence-electron chi connectivity index (χ0n) is 5.83. The van der Waals surface area contributed by atoms with Crippen LogP contribution in [-0.4, -0.2) is 21.3 Å². The Morgan fingerprint density at radius 3 is 2.40 bits per heavy atom. The van der Waals surface area contributed by atoms with Gasteiger partial charge >= 0.3 is 7.60 Å². The van der Waals surface area contributed by atoms with Gasteiger partial charge in [-0.15, -0.1) is 11.6 Å². The second-order valence-electron chi connectivity index (χ2n) is 2.23. The highest BCUT2D eigenvalue weighted by Crippen LogP contribution is 2.37. The van der Waals surface area contributed by atoms with E-state index in [2.05, 4.69) is 0 Å². The first-order valence-corrected chi connectivity index (χ1v) is 5.37. The number of hydrogen-bond acceptors (Lipinski definition) is 1. The number of alkyl halides is 1. The van der Waals surface area contributed by atoms with E-state index in [1.54, 1.807) is 0 Å². The van der Waals surface area contributed by atoms with E-state index in [0.29, 0.717) is 6.42 Å². The Morgan fingerprint density at radius 2 is 2.10 bits per heavy atom. The first kappa shape index (κ1) is 10.4. The van der Waals surface area contributed by atoms with Crippen LogP contribution in [0.25, 0.3) is 0 Å². The fraction of sp³-hybridized carbons (Fsp3) is 1.00. The molecule has 0 saturated carbocycles. The molecule has 1 unspecified atom stereocenters. The summed E-state index contributed by atoms with van der Waals surface area (Å²) in [5.74, 6) is 0. The van der Waals surface area contributed by atoms with E-state index < -0.39 is 7.60 Å². The lowest BCUT2D eigenvalue weighted by Crippen LogP contribution is -2.04. The van der Waals surface area contributed by atoms with Crippen molar-refractivity contribution in [1.29, 1.82) is 0 Å². The van der Waals surface area contributed by atoms with Crippen LogP contribution in [0.5, 0.6) is 0 Å². The normalized spacial score (nSPS) is 15.2. The standard InChI is InChI=1S/C5H12ClO3P/c1-2-3-5(6)4-10(7,8)9/h5H,2-4H2,1H3,(H2,7,8,9). The Morgan fingerprint density at radius 1 is 1.60 bits per heavy atom. The minimum absolute atomic E-state index is 0.206. The average Bonchev–Trinajstić information content (AvgIpc) is 1.59. The highest BCUT2D eigenvalue weighted by Gasteiger charge is 2.18. The van der Waals surface area contributed by atoms with Crippen LogP contribution in [0.4, 0.5) is 0 Å². The summed E-state index contributed by atoms with van der Waals surface area (Å²) in [4.78, 5) is 16.9. The van der Waals surface area contributed by atoms with Crippen molar-refractivity contribution in [2.24, 2.45) is 0 Å². The second kappa shape index (κ2) is 4.35. The molecule has 0 heterocycles. The first-order chi connectivity index (χ1) is 4.45. The number of rotatable bonds is 4. The SMILES string of the molecule is CCCC(Cl)CP(=O)(O)O. The monoisotopic (exact) mass is 186 g/mol. The Hall–Kier alpha value is 0.440. The summed E-state index contributed by atoms with van der Waals surface area (Å²) in [7, 11) is -3.88. The molecule has 0 saturated heterocycles. The second-order valence-corrected chi connectivity index (χ2v) is 4.54. The smallest absolute Gasteiger partial charge is 0.324 e. The molecule has 0 aromatic rings. The molecule has 1 atom stereocenters. The van der Waals surface area contributed by atoms with Crippen molar-refractivity contribution in [3.05, 3.63) is 0 Å². The molecule has 0 aromatic carbocycles. The van der Waals surface area contributed by atoms with Crippen LogP contribution in [0.1, 0.15) is 19.8 Å². The van der Waals surface area contributed by atoms with Crippen LogP contribution in [0.2, 0.25) is 0 Å². The molecule has 3 nitrogen and oxygen atoms in total. The Balaban J connectivity index is 3.58. The van der Waals surface area contributed by atoms with Crippen LogP contribution in [0, 0.1) is 0 Å². The molecule has 0 spiro atoms. The van der Waals surface area contributed by atoms with Crippen LogP contribution in [-0.2, 0) is 4.57 Å². The van der Waals surface area contributed by atoms with Gasteiger partial charge in [0.25, 0.3) is 0 Å². The van der Waals surface area contributed by atoms with Gasteiger partial charge in [0.05, 0.1) is 6.16 Å². The van der Waals surface area contributed by atoms with Crippen molar-refractivity contribution < 1.29 is 14.4 Å². The molecule has 0 aliphatic heterocycles. The van der Waals surface area contributed by atoms with Gasteiger partial charge in [-0.25, -0.2) is 0 Å². The lowest BCUT2D eigenvalue weighted by Gasteiger charge is -2.07. The summed E-state index contributed by atoms with van der Waals surface area (Å²) >= 11 is 5.57. The third-order valence-electron chi connectivity index (χ3n) is 1.04. The van der Waals surface area contributed by atoms with E-state index in [1.807, 2.05) is 6.92 Å². The molecule has 0 bridgehead atoms. The summed E-state index contributed by atoms with van der Waals surface area (Å²) in [6, 6.07) is 0. The molecule has 5 heteroatoms. The van der Waals surface area contributed by atoms with Gasteiger partial charge in [-0.2, -0.15) is 0 Å². The maximum atomic E-state index is 10.3. The van der Waals surface area contributed by atoms with E-state index in [-0.39, 0.29) is 11.5 Å². The van der Waals surface area contributed by atoms with Gasteiger partial charge in [0.15, 0.2) is 0 Å². The molecular weight excluding hydrogens is 174 g/mol. The molecule has 0 rings (SSSR count). The van der Waals surface area contributed by atoms with Gasteiger partial charge in [-0.1, -0.05) is 13.3 Å². The van der Waals surface area contributed by atoms with E-state index in [9.17, 15) is 4.57 Å². The van der Waals surface area contributed by atoms with Crippen molar-refractivity contribution >= 4 is 19.2 Å². The molecule has 0 amide bonds. The Bertz CT molecular complexity index is 133. The molecule has 10 heavy (non-hydrogen) atoms. The van der Waals surface area contributed by atoms with E-state index in [1.165, 1.54) is 0 Å². The van der Waals surface area contributed by atoms with Crippen LogP contribution < -0.4 is 0 Å².